The van der Waals surface area contributed by atoms with E-state index in [2.05, 4.69) is 5.32 Å². The molecule has 1 atom stereocenters. The summed E-state index contributed by atoms with van der Waals surface area (Å²) in [6, 6.07) is 5.62. The highest BCUT2D eigenvalue weighted by molar-refractivity contribution is 5.93. The van der Waals surface area contributed by atoms with Crippen LogP contribution in [0.25, 0.3) is 0 Å². The summed E-state index contributed by atoms with van der Waals surface area (Å²) in [5, 5.41) is 12.2. The zero-order valence-electron chi connectivity index (χ0n) is 12.2. The fourth-order valence-corrected chi connectivity index (χ4v) is 2.58. The molecule has 0 spiro atoms. The van der Waals surface area contributed by atoms with Gasteiger partial charge in [-0.2, -0.15) is 0 Å². The molecule has 1 aliphatic rings. The summed E-state index contributed by atoms with van der Waals surface area (Å²) < 4.78 is 5.34. The molecule has 0 radical (unpaired) electrons. The zero-order valence-corrected chi connectivity index (χ0v) is 12.2. The molecule has 2 rings (SSSR count). The van der Waals surface area contributed by atoms with Crippen molar-refractivity contribution in [2.75, 3.05) is 18.5 Å². The average molecular weight is 277 g/mol. The van der Waals surface area contributed by atoms with E-state index >= 15 is 0 Å². The van der Waals surface area contributed by atoms with Crippen molar-refractivity contribution in [3.05, 3.63) is 29.3 Å². The van der Waals surface area contributed by atoms with Crippen molar-refractivity contribution in [1.29, 1.82) is 0 Å². The van der Waals surface area contributed by atoms with Gasteiger partial charge in [0.15, 0.2) is 0 Å². The Hall–Kier alpha value is -1.39. The van der Waals surface area contributed by atoms with E-state index in [0.29, 0.717) is 5.92 Å². The van der Waals surface area contributed by atoms with Crippen LogP contribution in [0.5, 0.6) is 0 Å². The lowest BCUT2D eigenvalue weighted by molar-refractivity contribution is -0.122. The lowest BCUT2D eigenvalue weighted by atomic mass is 9.86. The number of hydrogen-bond donors (Lipinski definition) is 2. The monoisotopic (exact) mass is 277 g/mol. The summed E-state index contributed by atoms with van der Waals surface area (Å²) >= 11 is 0. The molecule has 1 aromatic carbocycles. The van der Waals surface area contributed by atoms with Crippen LogP contribution in [0.3, 0.4) is 0 Å². The average Bonchev–Trinajstić information content (AvgIpc) is 2.49. The number of carbonyl (C=O) groups is 1. The van der Waals surface area contributed by atoms with Crippen molar-refractivity contribution >= 4 is 11.6 Å². The molecule has 0 bridgehead atoms. The van der Waals surface area contributed by atoms with E-state index < -0.39 is 0 Å². The molecule has 0 aromatic heterocycles. The molecule has 110 valence electrons. The van der Waals surface area contributed by atoms with Crippen LogP contribution in [0.4, 0.5) is 5.69 Å². The van der Waals surface area contributed by atoms with Crippen LogP contribution in [0.1, 0.15) is 30.9 Å². The number of nitrogens with one attached hydrogen (secondary N) is 1. The number of aryl methyl sites for hydroxylation is 1. The minimum absolute atomic E-state index is 0.0152. The van der Waals surface area contributed by atoms with Gasteiger partial charge in [0, 0.05) is 24.8 Å². The standard InChI is InChI=1S/C16H23NO3/c1-11-3-4-13(10-18)9-15(11)17-16(19)12(2)14-5-7-20-8-6-14/h3-4,9,12,14,18H,5-8,10H2,1-2H3,(H,17,19). The highest BCUT2D eigenvalue weighted by atomic mass is 16.5. The van der Waals surface area contributed by atoms with Gasteiger partial charge in [0.05, 0.1) is 6.61 Å². The topological polar surface area (TPSA) is 58.6 Å². The van der Waals surface area contributed by atoms with Crippen LogP contribution in [-0.4, -0.2) is 24.2 Å². The van der Waals surface area contributed by atoms with Gasteiger partial charge in [-0.3, -0.25) is 4.79 Å². The van der Waals surface area contributed by atoms with E-state index in [1.165, 1.54) is 0 Å². The van der Waals surface area contributed by atoms with Crippen molar-refractivity contribution in [2.45, 2.75) is 33.3 Å². The normalized spacial score (nSPS) is 17.8. The summed E-state index contributed by atoms with van der Waals surface area (Å²) in [5.74, 6) is 0.427. The predicted molar refractivity (Wildman–Crippen MR) is 78.4 cm³/mol. The highest BCUT2D eigenvalue weighted by Gasteiger charge is 2.26. The van der Waals surface area contributed by atoms with Crippen molar-refractivity contribution in [1.82, 2.24) is 0 Å². The second-order valence-electron chi connectivity index (χ2n) is 5.54. The molecule has 1 aromatic rings. The van der Waals surface area contributed by atoms with E-state index in [4.69, 9.17) is 4.74 Å². The maximum Gasteiger partial charge on any atom is 0.227 e. The number of amides is 1. The summed E-state index contributed by atoms with van der Waals surface area (Å²) in [6.07, 6.45) is 1.90. The maximum absolute atomic E-state index is 12.3. The first-order valence-electron chi connectivity index (χ1n) is 7.21. The number of anilines is 1. The van der Waals surface area contributed by atoms with Crippen molar-refractivity contribution in [3.8, 4) is 0 Å². The van der Waals surface area contributed by atoms with Gasteiger partial charge < -0.3 is 15.2 Å². The predicted octanol–water partition coefficient (Wildman–Crippen LogP) is 2.49. The van der Waals surface area contributed by atoms with Gasteiger partial charge in [-0.05, 0) is 42.9 Å². The van der Waals surface area contributed by atoms with Crippen LogP contribution in [-0.2, 0) is 16.1 Å². The molecular formula is C16H23NO3. The van der Waals surface area contributed by atoms with E-state index in [1.54, 1.807) is 0 Å². The molecule has 20 heavy (non-hydrogen) atoms. The highest BCUT2D eigenvalue weighted by Crippen LogP contribution is 2.25. The molecule has 2 N–H and O–H groups in total. The van der Waals surface area contributed by atoms with Crippen molar-refractivity contribution in [2.24, 2.45) is 11.8 Å². The number of aliphatic hydroxyl groups excluding tert-OH is 1. The van der Waals surface area contributed by atoms with Crippen LogP contribution >= 0.6 is 0 Å². The minimum atomic E-state index is -0.0175. The van der Waals surface area contributed by atoms with Gasteiger partial charge in [-0.1, -0.05) is 19.1 Å². The third-order valence-corrected chi connectivity index (χ3v) is 4.13. The fourth-order valence-electron chi connectivity index (χ4n) is 2.58. The molecule has 1 aliphatic heterocycles. The summed E-state index contributed by atoms with van der Waals surface area (Å²) in [5.41, 5.74) is 2.61. The molecule has 4 nitrogen and oxygen atoms in total. The Morgan fingerprint density at radius 3 is 2.80 bits per heavy atom. The summed E-state index contributed by atoms with van der Waals surface area (Å²) in [7, 11) is 0. The summed E-state index contributed by atoms with van der Waals surface area (Å²) in [4.78, 5) is 12.3. The van der Waals surface area contributed by atoms with E-state index in [0.717, 1.165) is 42.9 Å². The van der Waals surface area contributed by atoms with Crippen LogP contribution < -0.4 is 5.32 Å². The van der Waals surface area contributed by atoms with E-state index in [9.17, 15) is 9.90 Å². The van der Waals surface area contributed by atoms with Gasteiger partial charge in [-0.15, -0.1) is 0 Å². The Labute approximate surface area is 120 Å². The first kappa shape index (κ1) is 15.0. The SMILES string of the molecule is Cc1ccc(CO)cc1NC(=O)C(C)C1CCOCC1. The largest absolute Gasteiger partial charge is 0.392 e. The number of aliphatic hydroxyl groups is 1. The molecular weight excluding hydrogens is 254 g/mol. The molecule has 1 heterocycles. The first-order valence-corrected chi connectivity index (χ1v) is 7.21. The minimum Gasteiger partial charge on any atom is -0.392 e. The number of rotatable bonds is 4. The number of ether oxygens (including phenoxy) is 1. The summed E-state index contributed by atoms with van der Waals surface area (Å²) in [6.45, 7) is 5.42. The number of hydrogen-bond acceptors (Lipinski definition) is 3. The lowest BCUT2D eigenvalue weighted by Gasteiger charge is -2.27. The third-order valence-electron chi connectivity index (χ3n) is 4.13. The van der Waals surface area contributed by atoms with E-state index in [1.807, 2.05) is 32.0 Å². The molecule has 1 fully saturated rings. The van der Waals surface area contributed by atoms with Crippen LogP contribution in [0, 0.1) is 18.8 Å². The van der Waals surface area contributed by atoms with E-state index in [-0.39, 0.29) is 18.4 Å². The van der Waals surface area contributed by atoms with Crippen molar-refractivity contribution < 1.29 is 14.6 Å². The third kappa shape index (κ3) is 3.58. The van der Waals surface area contributed by atoms with Crippen LogP contribution in [0.15, 0.2) is 18.2 Å². The Balaban J connectivity index is 2.03. The molecule has 0 saturated carbocycles. The van der Waals surface area contributed by atoms with Crippen LogP contribution in [0.2, 0.25) is 0 Å². The Morgan fingerprint density at radius 2 is 2.15 bits per heavy atom. The number of carbonyl (C=O) groups excluding carboxylic acids is 1. The zero-order chi connectivity index (χ0) is 14.5. The Morgan fingerprint density at radius 1 is 1.45 bits per heavy atom. The quantitative estimate of drug-likeness (QED) is 0.889. The Bertz CT molecular complexity index is 467. The molecule has 1 amide bonds. The lowest BCUT2D eigenvalue weighted by Crippen LogP contribution is -2.31. The fraction of sp³-hybridized carbons (Fsp3) is 0.562. The molecule has 4 heteroatoms. The van der Waals surface area contributed by atoms with Crippen molar-refractivity contribution in [3.63, 3.8) is 0 Å². The Kier molecular flexibility index (Phi) is 5.15. The second-order valence-corrected chi connectivity index (χ2v) is 5.54. The van der Waals surface area contributed by atoms with Gasteiger partial charge in [0.2, 0.25) is 5.91 Å². The second kappa shape index (κ2) is 6.86. The number of benzene rings is 1. The molecule has 0 aliphatic carbocycles. The smallest absolute Gasteiger partial charge is 0.227 e. The van der Waals surface area contributed by atoms with Gasteiger partial charge in [-0.25, -0.2) is 0 Å². The van der Waals surface area contributed by atoms with Gasteiger partial charge in [0.1, 0.15) is 0 Å². The molecule has 1 unspecified atom stereocenters. The first-order chi connectivity index (χ1) is 9.61. The maximum atomic E-state index is 12.3. The van der Waals surface area contributed by atoms with Gasteiger partial charge >= 0.3 is 0 Å². The van der Waals surface area contributed by atoms with Gasteiger partial charge in [0.25, 0.3) is 0 Å². The molecule has 1 saturated heterocycles.